The molecule has 1 amide bonds. The van der Waals surface area contributed by atoms with Crippen molar-refractivity contribution in [1.82, 2.24) is 25.1 Å². The van der Waals surface area contributed by atoms with Crippen molar-refractivity contribution in [2.75, 3.05) is 13.1 Å². The molecule has 0 unspecified atom stereocenters. The molecule has 1 aliphatic rings. The molecule has 1 fully saturated rings. The maximum Gasteiger partial charge on any atom is 0.263 e. The van der Waals surface area contributed by atoms with Crippen LogP contribution >= 0.6 is 11.3 Å². The highest BCUT2D eigenvalue weighted by molar-refractivity contribution is 7.12. The molecule has 1 atom stereocenters. The van der Waals surface area contributed by atoms with Gasteiger partial charge in [0.05, 0.1) is 10.6 Å². The molecule has 0 aromatic carbocycles. The van der Waals surface area contributed by atoms with Crippen molar-refractivity contribution in [1.29, 1.82) is 0 Å². The normalized spacial score (nSPS) is 18.7. The first kappa shape index (κ1) is 13.4. The number of thiophene rings is 1. The Labute approximate surface area is 131 Å². The van der Waals surface area contributed by atoms with E-state index in [4.69, 9.17) is 0 Å². The van der Waals surface area contributed by atoms with Crippen LogP contribution in [-0.4, -0.2) is 44.1 Å². The second-order valence-corrected chi connectivity index (χ2v) is 6.38. The van der Waals surface area contributed by atoms with Gasteiger partial charge in [-0.15, -0.1) is 11.3 Å². The number of aromatic nitrogens is 4. The molecule has 3 aromatic rings. The lowest BCUT2D eigenvalue weighted by molar-refractivity contribution is 0.0711. The lowest BCUT2D eigenvalue weighted by Gasteiger charge is -2.32. The fourth-order valence-electron chi connectivity index (χ4n) is 3.01. The highest BCUT2D eigenvalue weighted by Gasteiger charge is 2.28. The van der Waals surface area contributed by atoms with Crippen LogP contribution in [0.4, 0.5) is 0 Å². The number of rotatable bonds is 2. The zero-order valence-corrected chi connectivity index (χ0v) is 12.7. The first-order chi connectivity index (χ1) is 10.8. The summed E-state index contributed by atoms with van der Waals surface area (Å²) in [6, 6.07) is 3.80. The molecule has 1 saturated heterocycles. The summed E-state index contributed by atoms with van der Waals surface area (Å²) in [7, 11) is 0. The number of amides is 1. The molecule has 3 aromatic heterocycles. The van der Waals surface area contributed by atoms with Gasteiger partial charge >= 0.3 is 0 Å². The molecule has 22 heavy (non-hydrogen) atoms. The second kappa shape index (κ2) is 5.49. The van der Waals surface area contributed by atoms with Crippen LogP contribution in [0.5, 0.6) is 0 Å². The number of piperidine rings is 1. The Morgan fingerprint density at radius 2 is 2.27 bits per heavy atom. The number of aromatic amines is 1. The van der Waals surface area contributed by atoms with E-state index in [9.17, 15) is 4.79 Å². The number of likely N-dealkylation sites (tertiary alicyclic amines) is 1. The number of carbonyl (C=O) groups excluding carboxylic acids is 1. The second-order valence-electron chi connectivity index (χ2n) is 5.43. The molecule has 0 bridgehead atoms. The van der Waals surface area contributed by atoms with Crippen LogP contribution in [0.3, 0.4) is 0 Å². The van der Waals surface area contributed by atoms with E-state index in [0.717, 1.165) is 35.5 Å². The first-order valence-corrected chi connectivity index (χ1v) is 8.18. The van der Waals surface area contributed by atoms with Gasteiger partial charge in [-0.2, -0.15) is 5.10 Å². The maximum absolute atomic E-state index is 12.5. The monoisotopic (exact) mass is 313 g/mol. The SMILES string of the molecule is O=C(c1cccs1)N1CCC[C@@H](c2[nH]nc3nccnc23)C1. The van der Waals surface area contributed by atoms with Gasteiger partial charge < -0.3 is 4.90 Å². The predicted octanol–water partition coefficient (Wildman–Crippen LogP) is 2.43. The average Bonchev–Trinajstić information content (AvgIpc) is 3.24. The van der Waals surface area contributed by atoms with Gasteiger partial charge in [0.2, 0.25) is 0 Å². The summed E-state index contributed by atoms with van der Waals surface area (Å²) in [4.78, 5) is 23.8. The molecule has 0 radical (unpaired) electrons. The van der Waals surface area contributed by atoms with E-state index in [1.165, 1.54) is 11.3 Å². The van der Waals surface area contributed by atoms with E-state index >= 15 is 0 Å². The van der Waals surface area contributed by atoms with E-state index < -0.39 is 0 Å². The summed E-state index contributed by atoms with van der Waals surface area (Å²) < 4.78 is 0. The molecule has 1 N–H and O–H groups in total. The van der Waals surface area contributed by atoms with E-state index in [1.807, 2.05) is 22.4 Å². The third kappa shape index (κ3) is 2.27. The summed E-state index contributed by atoms with van der Waals surface area (Å²) in [5.41, 5.74) is 2.45. The Balaban J connectivity index is 1.60. The number of hydrogen-bond acceptors (Lipinski definition) is 5. The zero-order chi connectivity index (χ0) is 14.9. The van der Waals surface area contributed by atoms with Gasteiger partial charge in [-0.25, -0.2) is 9.97 Å². The number of carbonyl (C=O) groups is 1. The van der Waals surface area contributed by atoms with Gasteiger partial charge in [0.1, 0.15) is 5.52 Å². The number of hydrogen-bond donors (Lipinski definition) is 1. The fourth-order valence-corrected chi connectivity index (χ4v) is 3.70. The van der Waals surface area contributed by atoms with Crippen LogP contribution < -0.4 is 0 Å². The molecule has 0 spiro atoms. The van der Waals surface area contributed by atoms with Gasteiger partial charge in [-0.05, 0) is 24.3 Å². The summed E-state index contributed by atoms with van der Waals surface area (Å²) >= 11 is 1.49. The fraction of sp³-hybridized carbons (Fsp3) is 0.333. The third-order valence-corrected chi connectivity index (χ3v) is 4.92. The van der Waals surface area contributed by atoms with Crippen LogP contribution in [0.1, 0.15) is 34.1 Å². The Kier molecular flexibility index (Phi) is 3.34. The van der Waals surface area contributed by atoms with Crippen molar-refractivity contribution in [3.63, 3.8) is 0 Å². The predicted molar refractivity (Wildman–Crippen MR) is 83.9 cm³/mol. The van der Waals surface area contributed by atoms with Gasteiger partial charge in [0.15, 0.2) is 5.65 Å². The molecule has 7 heteroatoms. The van der Waals surface area contributed by atoms with Crippen LogP contribution in [0.15, 0.2) is 29.9 Å². The largest absolute Gasteiger partial charge is 0.337 e. The summed E-state index contributed by atoms with van der Waals surface area (Å²) in [5.74, 6) is 0.356. The third-order valence-electron chi connectivity index (χ3n) is 4.07. The van der Waals surface area contributed by atoms with E-state index in [1.54, 1.807) is 12.4 Å². The van der Waals surface area contributed by atoms with Crippen molar-refractivity contribution >= 4 is 28.4 Å². The number of H-pyrrole nitrogens is 1. The molecule has 6 nitrogen and oxygen atoms in total. The number of nitrogens with zero attached hydrogens (tertiary/aromatic N) is 4. The minimum absolute atomic E-state index is 0.120. The number of fused-ring (bicyclic) bond motifs is 1. The lowest BCUT2D eigenvalue weighted by atomic mass is 9.94. The molecule has 112 valence electrons. The highest BCUT2D eigenvalue weighted by Crippen LogP contribution is 2.30. The van der Waals surface area contributed by atoms with Crippen molar-refractivity contribution in [3.8, 4) is 0 Å². The van der Waals surface area contributed by atoms with Crippen molar-refractivity contribution in [3.05, 3.63) is 40.5 Å². The van der Waals surface area contributed by atoms with Gasteiger partial charge in [-0.1, -0.05) is 6.07 Å². The maximum atomic E-state index is 12.5. The molecular weight excluding hydrogens is 298 g/mol. The minimum atomic E-state index is 0.120. The van der Waals surface area contributed by atoms with Crippen LogP contribution in [0.25, 0.3) is 11.2 Å². The Bertz CT molecular complexity index is 797. The molecule has 0 saturated carbocycles. The minimum Gasteiger partial charge on any atom is -0.337 e. The Hall–Kier alpha value is -2.28. The van der Waals surface area contributed by atoms with Gasteiger partial charge in [0, 0.05) is 31.4 Å². The van der Waals surface area contributed by atoms with Crippen molar-refractivity contribution in [2.24, 2.45) is 0 Å². The molecule has 1 aliphatic heterocycles. The lowest BCUT2D eigenvalue weighted by Crippen LogP contribution is -2.38. The Morgan fingerprint density at radius 3 is 3.14 bits per heavy atom. The van der Waals surface area contributed by atoms with Crippen LogP contribution in [-0.2, 0) is 0 Å². The summed E-state index contributed by atoms with van der Waals surface area (Å²) in [5, 5.41) is 9.22. The van der Waals surface area contributed by atoms with Gasteiger partial charge in [-0.3, -0.25) is 9.89 Å². The summed E-state index contributed by atoms with van der Waals surface area (Å²) in [6.07, 6.45) is 5.34. The molecule has 0 aliphatic carbocycles. The topological polar surface area (TPSA) is 74.8 Å². The smallest absolute Gasteiger partial charge is 0.263 e. The van der Waals surface area contributed by atoms with Crippen LogP contribution in [0.2, 0.25) is 0 Å². The highest BCUT2D eigenvalue weighted by atomic mass is 32.1. The van der Waals surface area contributed by atoms with E-state index in [-0.39, 0.29) is 11.8 Å². The molecule has 4 rings (SSSR count). The van der Waals surface area contributed by atoms with E-state index in [0.29, 0.717) is 12.2 Å². The van der Waals surface area contributed by atoms with Gasteiger partial charge in [0.25, 0.3) is 5.91 Å². The standard InChI is InChI=1S/C15H15N5OS/c21-15(11-4-2-8-22-11)20-7-1-3-10(9-20)12-13-14(19-18-12)17-6-5-16-13/h2,4-6,8,10H,1,3,7,9H2,(H,17,18,19)/t10-/m1/s1. The Morgan fingerprint density at radius 1 is 1.36 bits per heavy atom. The van der Waals surface area contributed by atoms with Crippen LogP contribution in [0, 0.1) is 0 Å². The van der Waals surface area contributed by atoms with Crippen molar-refractivity contribution < 1.29 is 4.79 Å². The summed E-state index contributed by atoms with van der Waals surface area (Å²) in [6.45, 7) is 1.51. The molecular formula is C15H15N5OS. The zero-order valence-electron chi connectivity index (χ0n) is 11.9. The first-order valence-electron chi connectivity index (χ1n) is 7.30. The van der Waals surface area contributed by atoms with Crippen molar-refractivity contribution in [2.45, 2.75) is 18.8 Å². The molecule has 4 heterocycles. The number of nitrogens with one attached hydrogen (secondary N) is 1. The quantitative estimate of drug-likeness (QED) is 0.788. The average molecular weight is 313 g/mol. The van der Waals surface area contributed by atoms with E-state index in [2.05, 4.69) is 20.2 Å².